The van der Waals surface area contributed by atoms with E-state index in [9.17, 15) is 14.5 Å². The Morgan fingerprint density at radius 1 is 1.44 bits per heavy atom. The molecular formula is C12H17FN2O3. The van der Waals surface area contributed by atoms with Gasteiger partial charge >= 0.3 is 0 Å². The Morgan fingerprint density at radius 2 is 2.11 bits per heavy atom. The maximum atomic E-state index is 13.2. The molecule has 1 N–H and O–H groups in total. The number of ether oxygens (including phenoxy) is 1. The van der Waals surface area contributed by atoms with Gasteiger partial charge in [-0.2, -0.15) is 0 Å². The van der Waals surface area contributed by atoms with Crippen molar-refractivity contribution < 1.29 is 14.1 Å². The number of non-ortho nitro benzene ring substituents is 1. The number of rotatable bonds is 6. The van der Waals surface area contributed by atoms with Crippen LogP contribution in [-0.2, 0) is 4.74 Å². The summed E-state index contributed by atoms with van der Waals surface area (Å²) in [5.74, 6) is -0.638. The normalized spacial score (nSPS) is 11.3. The molecule has 1 aromatic rings. The number of nitrogens with one attached hydrogen (secondary N) is 1. The number of nitrogens with zero attached hydrogens (tertiary/aromatic N) is 1. The van der Waals surface area contributed by atoms with Crippen molar-refractivity contribution in [3.8, 4) is 0 Å². The fourth-order valence-corrected chi connectivity index (χ4v) is 1.54. The van der Waals surface area contributed by atoms with Gasteiger partial charge in [0.25, 0.3) is 5.69 Å². The molecule has 5 nitrogen and oxygen atoms in total. The topological polar surface area (TPSA) is 64.4 Å². The van der Waals surface area contributed by atoms with Crippen molar-refractivity contribution in [2.75, 3.05) is 18.5 Å². The number of halogens is 1. The van der Waals surface area contributed by atoms with Crippen molar-refractivity contribution in [1.29, 1.82) is 0 Å². The second-order valence-corrected chi connectivity index (χ2v) is 4.50. The largest absolute Gasteiger partial charge is 0.382 e. The molecule has 100 valence electrons. The third-order valence-electron chi connectivity index (χ3n) is 2.35. The lowest BCUT2D eigenvalue weighted by molar-refractivity contribution is -0.385. The summed E-state index contributed by atoms with van der Waals surface area (Å²) in [4.78, 5) is 9.97. The number of nitro benzene ring substituents is 1. The van der Waals surface area contributed by atoms with Crippen molar-refractivity contribution in [2.24, 2.45) is 0 Å². The highest BCUT2D eigenvalue weighted by atomic mass is 19.1. The summed E-state index contributed by atoms with van der Waals surface area (Å²) in [6, 6.07) is 3.40. The second kappa shape index (κ2) is 5.77. The molecule has 1 rings (SSSR count). The Morgan fingerprint density at radius 3 is 2.67 bits per heavy atom. The van der Waals surface area contributed by atoms with Gasteiger partial charge in [0.05, 0.1) is 16.6 Å². The molecule has 0 saturated heterocycles. The molecule has 18 heavy (non-hydrogen) atoms. The van der Waals surface area contributed by atoms with E-state index in [1.807, 2.05) is 20.8 Å². The van der Waals surface area contributed by atoms with Gasteiger partial charge < -0.3 is 10.1 Å². The van der Waals surface area contributed by atoms with Crippen LogP contribution >= 0.6 is 0 Å². The number of nitro groups is 1. The zero-order valence-corrected chi connectivity index (χ0v) is 10.7. The number of benzene rings is 1. The highest BCUT2D eigenvalue weighted by Gasteiger charge is 2.18. The van der Waals surface area contributed by atoms with Crippen LogP contribution in [0.3, 0.4) is 0 Å². The van der Waals surface area contributed by atoms with Crippen molar-refractivity contribution in [2.45, 2.75) is 26.4 Å². The quantitative estimate of drug-likeness (QED) is 0.627. The molecule has 6 heteroatoms. The lowest BCUT2D eigenvalue weighted by Crippen LogP contribution is -2.33. The molecule has 0 radical (unpaired) electrons. The van der Waals surface area contributed by atoms with E-state index in [0.717, 1.165) is 6.07 Å². The molecule has 1 aromatic carbocycles. The van der Waals surface area contributed by atoms with Gasteiger partial charge in [-0.05, 0) is 26.8 Å². The average molecular weight is 256 g/mol. The van der Waals surface area contributed by atoms with Gasteiger partial charge in [-0.3, -0.25) is 10.1 Å². The Kier molecular flexibility index (Phi) is 4.61. The van der Waals surface area contributed by atoms with Crippen LogP contribution < -0.4 is 5.32 Å². The van der Waals surface area contributed by atoms with Crippen molar-refractivity contribution in [3.63, 3.8) is 0 Å². The minimum atomic E-state index is -0.638. The van der Waals surface area contributed by atoms with Crippen molar-refractivity contribution >= 4 is 11.4 Å². The molecule has 0 aromatic heterocycles. The highest BCUT2D eigenvalue weighted by Crippen LogP contribution is 2.21. The molecule has 0 saturated carbocycles. The van der Waals surface area contributed by atoms with E-state index in [1.165, 1.54) is 12.1 Å². The number of hydrogen-bond acceptors (Lipinski definition) is 4. The summed E-state index contributed by atoms with van der Waals surface area (Å²) in [5, 5.41) is 13.5. The second-order valence-electron chi connectivity index (χ2n) is 4.50. The summed E-state index contributed by atoms with van der Waals surface area (Å²) in [5.41, 5.74) is -0.322. The van der Waals surface area contributed by atoms with Gasteiger partial charge in [0.1, 0.15) is 5.82 Å². The van der Waals surface area contributed by atoms with Gasteiger partial charge in [-0.15, -0.1) is 0 Å². The summed E-state index contributed by atoms with van der Waals surface area (Å²) in [6.07, 6.45) is 0. The Bertz CT molecular complexity index is 435. The molecule has 0 bridgehead atoms. The monoisotopic (exact) mass is 256 g/mol. The van der Waals surface area contributed by atoms with Crippen molar-refractivity contribution in [3.05, 3.63) is 34.1 Å². The third kappa shape index (κ3) is 4.29. The lowest BCUT2D eigenvalue weighted by Gasteiger charge is -2.25. The molecular weight excluding hydrogens is 239 g/mol. The molecule has 0 atom stereocenters. The van der Waals surface area contributed by atoms with Crippen LogP contribution in [0.25, 0.3) is 0 Å². The minimum Gasteiger partial charge on any atom is -0.382 e. The van der Waals surface area contributed by atoms with E-state index in [2.05, 4.69) is 5.32 Å². The summed E-state index contributed by atoms with van der Waals surface area (Å²) >= 11 is 0. The molecule has 0 aliphatic carbocycles. The summed E-state index contributed by atoms with van der Waals surface area (Å²) < 4.78 is 18.6. The van der Waals surface area contributed by atoms with Crippen molar-refractivity contribution in [1.82, 2.24) is 0 Å². The number of anilines is 1. The van der Waals surface area contributed by atoms with Gasteiger partial charge in [-0.1, -0.05) is 0 Å². The zero-order chi connectivity index (χ0) is 13.8. The van der Waals surface area contributed by atoms with Crippen LogP contribution in [0.4, 0.5) is 15.8 Å². The highest BCUT2D eigenvalue weighted by molar-refractivity contribution is 5.51. The first kappa shape index (κ1) is 14.4. The molecule has 0 heterocycles. The first-order chi connectivity index (χ1) is 8.34. The van der Waals surface area contributed by atoms with Gasteiger partial charge in [-0.25, -0.2) is 4.39 Å². The molecule has 0 fully saturated rings. The summed E-state index contributed by atoms with van der Waals surface area (Å²) in [6.45, 7) is 6.66. The van der Waals surface area contributed by atoms with Crippen LogP contribution in [0.15, 0.2) is 18.2 Å². The van der Waals surface area contributed by atoms with E-state index in [1.54, 1.807) is 0 Å². The van der Waals surface area contributed by atoms with E-state index < -0.39 is 16.3 Å². The molecule has 0 unspecified atom stereocenters. The summed E-state index contributed by atoms with van der Waals surface area (Å²) in [7, 11) is 0. The first-order valence-corrected chi connectivity index (χ1v) is 5.67. The molecule has 0 spiro atoms. The fourth-order valence-electron chi connectivity index (χ4n) is 1.54. The standard InChI is InChI=1S/C12H17FN2O3/c1-4-18-12(2,3)8-14-10-5-9(13)6-11(7-10)15(16)17/h5-7,14H,4,8H2,1-3H3. The zero-order valence-electron chi connectivity index (χ0n) is 10.7. The predicted octanol–water partition coefficient (Wildman–Crippen LogP) is 2.96. The molecule has 0 aliphatic heterocycles. The fraction of sp³-hybridized carbons (Fsp3) is 0.500. The third-order valence-corrected chi connectivity index (χ3v) is 2.35. The van der Waals surface area contributed by atoms with Crippen LogP contribution in [0.5, 0.6) is 0 Å². The SMILES string of the molecule is CCOC(C)(C)CNc1cc(F)cc([N+](=O)[O-])c1. The first-order valence-electron chi connectivity index (χ1n) is 5.67. The van der Waals surface area contributed by atoms with E-state index >= 15 is 0 Å². The maximum absolute atomic E-state index is 13.2. The van der Waals surface area contributed by atoms with Crippen LogP contribution in [0, 0.1) is 15.9 Å². The van der Waals surface area contributed by atoms with Gasteiger partial charge in [0.2, 0.25) is 0 Å². The van der Waals surface area contributed by atoms with E-state index in [-0.39, 0.29) is 5.69 Å². The lowest BCUT2D eigenvalue weighted by atomic mass is 10.1. The van der Waals surface area contributed by atoms with Gasteiger partial charge in [0, 0.05) is 24.9 Å². The van der Waals surface area contributed by atoms with Crippen LogP contribution in [0.2, 0.25) is 0 Å². The smallest absolute Gasteiger partial charge is 0.274 e. The Labute approximate surface area is 105 Å². The number of hydrogen-bond donors (Lipinski definition) is 1. The predicted molar refractivity (Wildman–Crippen MR) is 67.2 cm³/mol. The van der Waals surface area contributed by atoms with E-state index in [4.69, 9.17) is 4.74 Å². The van der Waals surface area contributed by atoms with Gasteiger partial charge in [0.15, 0.2) is 0 Å². The maximum Gasteiger partial charge on any atom is 0.274 e. The van der Waals surface area contributed by atoms with E-state index in [0.29, 0.717) is 18.8 Å². The van der Waals surface area contributed by atoms with Crippen LogP contribution in [0.1, 0.15) is 20.8 Å². The molecule has 0 amide bonds. The minimum absolute atomic E-state index is 0.272. The van der Waals surface area contributed by atoms with Crippen LogP contribution in [-0.4, -0.2) is 23.7 Å². The molecule has 0 aliphatic rings. The Balaban J connectivity index is 2.76. The Hall–Kier alpha value is -1.69. The average Bonchev–Trinajstić information content (AvgIpc) is 2.26.